The van der Waals surface area contributed by atoms with Gasteiger partial charge in [-0.25, -0.2) is 4.79 Å². The predicted octanol–water partition coefficient (Wildman–Crippen LogP) is 5.61. The van der Waals surface area contributed by atoms with Crippen molar-refractivity contribution in [1.82, 2.24) is 0 Å². The second-order valence-electron chi connectivity index (χ2n) is 6.61. The molecule has 4 nitrogen and oxygen atoms in total. The summed E-state index contributed by atoms with van der Waals surface area (Å²) in [6.45, 7) is 0.276. The zero-order chi connectivity index (χ0) is 19.7. The Bertz CT molecular complexity index is 1090. The van der Waals surface area contributed by atoms with Crippen LogP contribution >= 0.6 is 11.6 Å². The van der Waals surface area contributed by atoms with E-state index >= 15 is 0 Å². The summed E-state index contributed by atoms with van der Waals surface area (Å²) in [6.07, 6.45) is 0.603. The predicted molar refractivity (Wildman–Crippen MR) is 109 cm³/mol. The van der Waals surface area contributed by atoms with Gasteiger partial charge in [0, 0.05) is 17.0 Å². The quantitative estimate of drug-likeness (QED) is 0.605. The summed E-state index contributed by atoms with van der Waals surface area (Å²) in [5.74, 6) is -0.303. The van der Waals surface area contributed by atoms with Crippen LogP contribution in [0.15, 0.2) is 72.3 Å². The van der Waals surface area contributed by atoms with E-state index in [4.69, 9.17) is 16.3 Å². The summed E-state index contributed by atoms with van der Waals surface area (Å²) in [5.41, 5.74) is 3.82. The van der Waals surface area contributed by atoms with Crippen LogP contribution in [0.1, 0.15) is 21.5 Å². The van der Waals surface area contributed by atoms with Crippen molar-refractivity contribution < 1.29 is 19.7 Å². The minimum atomic E-state index is -1.03. The number of aromatic carboxylic acids is 1. The molecular weight excluding hydrogens is 376 g/mol. The van der Waals surface area contributed by atoms with Gasteiger partial charge in [-0.3, -0.25) is 0 Å². The van der Waals surface area contributed by atoms with Crippen LogP contribution in [0.2, 0.25) is 5.02 Å². The molecular formula is C23H17ClO4. The lowest BCUT2D eigenvalue weighted by Gasteiger charge is -2.22. The lowest BCUT2D eigenvalue weighted by atomic mass is 9.95. The van der Waals surface area contributed by atoms with Gasteiger partial charge in [0.2, 0.25) is 0 Å². The lowest BCUT2D eigenvalue weighted by molar-refractivity contribution is 0.0697. The highest BCUT2D eigenvalue weighted by molar-refractivity contribution is 6.31. The maximum atomic E-state index is 11.5. The third-order valence-electron chi connectivity index (χ3n) is 4.76. The molecule has 0 radical (unpaired) electrons. The molecule has 0 aliphatic carbocycles. The average molecular weight is 393 g/mol. The van der Waals surface area contributed by atoms with E-state index < -0.39 is 5.97 Å². The van der Waals surface area contributed by atoms with Crippen LogP contribution in [0.4, 0.5) is 0 Å². The standard InChI is InChI=1S/C23H17ClO4/c24-17-7-9-18(23(26)27)20(12-17)15-6-8-19-21(11-15)28-13-16(22(19)25)10-14-4-2-1-3-5-14/h1-9,11-12,25H,10,13H2,(H,26,27). The molecule has 140 valence electrons. The molecule has 0 fully saturated rings. The largest absolute Gasteiger partial charge is 0.507 e. The van der Waals surface area contributed by atoms with Crippen LogP contribution in [0, 0.1) is 0 Å². The molecule has 1 aliphatic rings. The molecule has 1 aliphatic heterocycles. The molecule has 0 saturated heterocycles. The van der Waals surface area contributed by atoms with E-state index in [0.29, 0.717) is 33.9 Å². The first kappa shape index (κ1) is 18.1. The monoisotopic (exact) mass is 392 g/mol. The van der Waals surface area contributed by atoms with Gasteiger partial charge in [-0.2, -0.15) is 0 Å². The summed E-state index contributed by atoms with van der Waals surface area (Å²) in [5, 5.41) is 20.6. The molecule has 3 aromatic carbocycles. The number of fused-ring (bicyclic) bond motifs is 1. The molecule has 3 aromatic rings. The van der Waals surface area contributed by atoms with Gasteiger partial charge < -0.3 is 14.9 Å². The Morgan fingerprint density at radius 2 is 1.79 bits per heavy atom. The van der Waals surface area contributed by atoms with Crippen molar-refractivity contribution in [3.8, 4) is 16.9 Å². The molecule has 4 rings (SSSR count). The van der Waals surface area contributed by atoms with Gasteiger partial charge >= 0.3 is 5.97 Å². The molecule has 0 saturated carbocycles. The number of ether oxygens (including phenoxy) is 1. The van der Waals surface area contributed by atoms with Gasteiger partial charge in [0.05, 0.1) is 11.1 Å². The van der Waals surface area contributed by atoms with Crippen LogP contribution in [0.3, 0.4) is 0 Å². The third-order valence-corrected chi connectivity index (χ3v) is 4.99. The summed E-state index contributed by atoms with van der Waals surface area (Å²) < 4.78 is 5.87. The number of hydrogen-bond acceptors (Lipinski definition) is 3. The molecule has 0 spiro atoms. The highest BCUT2D eigenvalue weighted by atomic mass is 35.5. The van der Waals surface area contributed by atoms with E-state index in [-0.39, 0.29) is 17.9 Å². The van der Waals surface area contributed by atoms with E-state index in [0.717, 1.165) is 11.1 Å². The highest BCUT2D eigenvalue weighted by Gasteiger charge is 2.22. The van der Waals surface area contributed by atoms with Crippen molar-refractivity contribution in [3.63, 3.8) is 0 Å². The fourth-order valence-electron chi connectivity index (χ4n) is 3.35. The minimum Gasteiger partial charge on any atom is -0.507 e. The Morgan fingerprint density at radius 3 is 2.54 bits per heavy atom. The minimum absolute atomic E-state index is 0.157. The number of benzene rings is 3. The Labute approximate surface area is 167 Å². The number of halogens is 1. The lowest BCUT2D eigenvalue weighted by Crippen LogP contribution is -2.13. The molecule has 0 bridgehead atoms. The van der Waals surface area contributed by atoms with Crippen molar-refractivity contribution in [2.45, 2.75) is 6.42 Å². The number of aliphatic hydroxyl groups is 1. The van der Waals surface area contributed by atoms with Gasteiger partial charge in [0.1, 0.15) is 18.1 Å². The van der Waals surface area contributed by atoms with Crippen LogP contribution in [-0.4, -0.2) is 22.8 Å². The third kappa shape index (κ3) is 3.47. The van der Waals surface area contributed by atoms with Crippen LogP contribution in [0.5, 0.6) is 5.75 Å². The number of carboxylic acids is 1. The number of carboxylic acid groups (broad SMARTS) is 1. The second-order valence-corrected chi connectivity index (χ2v) is 7.05. The fraction of sp³-hybridized carbons (Fsp3) is 0.0870. The van der Waals surface area contributed by atoms with Crippen molar-refractivity contribution in [2.24, 2.45) is 0 Å². The first-order valence-corrected chi connectivity index (χ1v) is 9.16. The highest BCUT2D eigenvalue weighted by Crippen LogP contribution is 2.37. The Hall–Kier alpha value is -3.24. The van der Waals surface area contributed by atoms with E-state index in [1.54, 1.807) is 30.3 Å². The van der Waals surface area contributed by atoms with Gasteiger partial charge in [0.25, 0.3) is 0 Å². The van der Waals surface area contributed by atoms with Crippen LogP contribution in [-0.2, 0) is 6.42 Å². The molecule has 0 aromatic heterocycles. The van der Waals surface area contributed by atoms with E-state index in [1.807, 2.05) is 30.3 Å². The first-order chi connectivity index (χ1) is 13.5. The number of rotatable bonds is 4. The maximum absolute atomic E-state index is 11.5. The fourth-order valence-corrected chi connectivity index (χ4v) is 3.52. The summed E-state index contributed by atoms with van der Waals surface area (Å²) in [6, 6.07) is 19.8. The normalized spacial score (nSPS) is 13.0. The Morgan fingerprint density at radius 1 is 1.00 bits per heavy atom. The van der Waals surface area contributed by atoms with Crippen molar-refractivity contribution in [2.75, 3.05) is 6.61 Å². The van der Waals surface area contributed by atoms with E-state index in [9.17, 15) is 15.0 Å². The average Bonchev–Trinajstić information content (AvgIpc) is 2.70. The van der Waals surface area contributed by atoms with Crippen molar-refractivity contribution in [3.05, 3.63) is 94.0 Å². The van der Waals surface area contributed by atoms with Gasteiger partial charge in [-0.05, 0) is 47.0 Å². The van der Waals surface area contributed by atoms with E-state index in [2.05, 4.69) is 0 Å². The van der Waals surface area contributed by atoms with Crippen LogP contribution in [0.25, 0.3) is 16.9 Å². The molecule has 2 N–H and O–H groups in total. The summed E-state index contributed by atoms with van der Waals surface area (Å²) in [7, 11) is 0. The topological polar surface area (TPSA) is 66.8 Å². The van der Waals surface area contributed by atoms with Gasteiger partial charge in [-0.15, -0.1) is 0 Å². The molecule has 0 atom stereocenters. The number of carbonyl (C=O) groups is 1. The van der Waals surface area contributed by atoms with Crippen LogP contribution < -0.4 is 4.74 Å². The van der Waals surface area contributed by atoms with Crippen molar-refractivity contribution >= 4 is 23.3 Å². The second kappa shape index (κ2) is 7.41. The number of hydrogen-bond donors (Lipinski definition) is 2. The maximum Gasteiger partial charge on any atom is 0.336 e. The summed E-state index contributed by atoms with van der Waals surface area (Å²) >= 11 is 6.06. The zero-order valence-electron chi connectivity index (χ0n) is 14.9. The molecule has 28 heavy (non-hydrogen) atoms. The SMILES string of the molecule is O=C(O)c1ccc(Cl)cc1-c1ccc2c(c1)OCC(Cc1ccccc1)=C2O. The van der Waals surface area contributed by atoms with Crippen molar-refractivity contribution in [1.29, 1.82) is 0 Å². The number of aliphatic hydroxyl groups excluding tert-OH is 1. The Kier molecular flexibility index (Phi) is 4.80. The van der Waals surface area contributed by atoms with Gasteiger partial charge in [0.15, 0.2) is 0 Å². The van der Waals surface area contributed by atoms with Gasteiger partial charge in [-0.1, -0.05) is 48.0 Å². The Balaban J connectivity index is 1.72. The smallest absolute Gasteiger partial charge is 0.336 e. The molecule has 1 heterocycles. The molecule has 0 unspecified atom stereocenters. The first-order valence-electron chi connectivity index (χ1n) is 8.78. The molecule has 5 heteroatoms. The molecule has 0 amide bonds. The zero-order valence-corrected chi connectivity index (χ0v) is 15.6. The summed E-state index contributed by atoms with van der Waals surface area (Å²) in [4.78, 5) is 11.5. The van der Waals surface area contributed by atoms with E-state index in [1.165, 1.54) is 6.07 Å².